The first-order chi connectivity index (χ1) is 8.03. The first-order valence-corrected chi connectivity index (χ1v) is 6.42. The molecular weight excluding hydrogens is 210 g/mol. The fourth-order valence-corrected chi connectivity index (χ4v) is 2.19. The van der Waals surface area contributed by atoms with E-state index in [2.05, 4.69) is 51.2 Å². The van der Waals surface area contributed by atoms with Crippen LogP contribution in [0.4, 0.5) is 0 Å². The number of ether oxygens (including phenoxy) is 1. The summed E-state index contributed by atoms with van der Waals surface area (Å²) in [5.41, 5.74) is 4.35. The highest BCUT2D eigenvalue weighted by Crippen LogP contribution is 2.32. The number of aryl methyl sites for hydroxylation is 2. The van der Waals surface area contributed by atoms with Crippen LogP contribution in [0.1, 0.15) is 30.5 Å². The van der Waals surface area contributed by atoms with Gasteiger partial charge in [-0.05, 0) is 30.5 Å². The number of rotatable bonds is 4. The molecule has 94 valence electrons. The maximum absolute atomic E-state index is 5.46. The molecule has 2 heteroatoms. The molecule has 1 saturated heterocycles. The van der Waals surface area contributed by atoms with E-state index < -0.39 is 0 Å². The lowest BCUT2D eigenvalue weighted by Crippen LogP contribution is -2.54. The summed E-state index contributed by atoms with van der Waals surface area (Å²) in [6.45, 7) is 11.4. The van der Waals surface area contributed by atoms with Crippen molar-refractivity contribution in [3.8, 4) is 0 Å². The lowest BCUT2D eigenvalue weighted by atomic mass is 9.77. The molecule has 2 nitrogen and oxygen atoms in total. The van der Waals surface area contributed by atoms with Crippen molar-refractivity contribution in [2.75, 3.05) is 19.8 Å². The summed E-state index contributed by atoms with van der Waals surface area (Å²) in [4.78, 5) is 0. The SMILES string of the molecule is Cc1ccc(C2(CNC(C)C)COC2)cc1C. The largest absolute Gasteiger partial charge is 0.379 e. The third kappa shape index (κ3) is 2.53. The molecular formula is C15H23NO. The zero-order valence-electron chi connectivity index (χ0n) is 11.3. The van der Waals surface area contributed by atoms with Crippen LogP contribution in [0.2, 0.25) is 0 Å². The van der Waals surface area contributed by atoms with Gasteiger partial charge in [-0.1, -0.05) is 32.0 Å². The minimum Gasteiger partial charge on any atom is -0.379 e. The highest BCUT2D eigenvalue weighted by molar-refractivity contribution is 5.36. The Labute approximate surface area is 104 Å². The zero-order valence-corrected chi connectivity index (χ0v) is 11.3. The van der Waals surface area contributed by atoms with Gasteiger partial charge in [-0.3, -0.25) is 0 Å². The molecule has 2 rings (SSSR count). The molecule has 0 bridgehead atoms. The van der Waals surface area contributed by atoms with Crippen LogP contribution in [0, 0.1) is 13.8 Å². The summed E-state index contributed by atoms with van der Waals surface area (Å²) in [7, 11) is 0. The highest BCUT2D eigenvalue weighted by atomic mass is 16.5. The molecule has 1 aromatic rings. The van der Waals surface area contributed by atoms with Crippen molar-refractivity contribution in [2.45, 2.75) is 39.2 Å². The Kier molecular flexibility index (Phi) is 3.55. The first-order valence-electron chi connectivity index (χ1n) is 6.42. The predicted octanol–water partition coefficient (Wildman–Crippen LogP) is 2.57. The van der Waals surface area contributed by atoms with Gasteiger partial charge < -0.3 is 10.1 Å². The monoisotopic (exact) mass is 233 g/mol. The molecule has 0 radical (unpaired) electrons. The molecule has 0 spiro atoms. The van der Waals surface area contributed by atoms with Gasteiger partial charge in [0.15, 0.2) is 0 Å². The second-order valence-corrected chi connectivity index (χ2v) is 5.61. The highest BCUT2D eigenvalue weighted by Gasteiger charge is 2.40. The third-order valence-corrected chi connectivity index (χ3v) is 3.72. The molecule has 1 aliphatic rings. The fourth-order valence-electron chi connectivity index (χ4n) is 2.19. The van der Waals surface area contributed by atoms with Crippen LogP contribution < -0.4 is 5.32 Å². The van der Waals surface area contributed by atoms with Crippen molar-refractivity contribution >= 4 is 0 Å². The number of hydrogen-bond donors (Lipinski definition) is 1. The van der Waals surface area contributed by atoms with Crippen molar-refractivity contribution in [2.24, 2.45) is 0 Å². The second-order valence-electron chi connectivity index (χ2n) is 5.61. The lowest BCUT2D eigenvalue weighted by Gasteiger charge is -2.43. The molecule has 0 aliphatic carbocycles. The Bertz CT molecular complexity index is 394. The van der Waals surface area contributed by atoms with E-state index in [1.165, 1.54) is 16.7 Å². The van der Waals surface area contributed by atoms with Gasteiger partial charge in [0.05, 0.1) is 18.6 Å². The molecule has 0 amide bonds. The Morgan fingerprint density at radius 2 is 1.94 bits per heavy atom. The summed E-state index contributed by atoms with van der Waals surface area (Å²) < 4.78 is 5.46. The quantitative estimate of drug-likeness (QED) is 0.863. The Hall–Kier alpha value is -0.860. The van der Waals surface area contributed by atoms with Gasteiger partial charge in [0.2, 0.25) is 0 Å². The molecule has 17 heavy (non-hydrogen) atoms. The average Bonchev–Trinajstić information content (AvgIpc) is 2.21. The molecule has 0 aromatic heterocycles. The van der Waals surface area contributed by atoms with Gasteiger partial charge >= 0.3 is 0 Å². The number of nitrogens with one attached hydrogen (secondary N) is 1. The molecule has 0 saturated carbocycles. The topological polar surface area (TPSA) is 21.3 Å². The van der Waals surface area contributed by atoms with Crippen molar-refractivity contribution in [3.05, 3.63) is 34.9 Å². The summed E-state index contributed by atoms with van der Waals surface area (Å²) in [5, 5.41) is 3.54. The van der Waals surface area contributed by atoms with E-state index in [4.69, 9.17) is 4.74 Å². The predicted molar refractivity (Wildman–Crippen MR) is 71.6 cm³/mol. The molecule has 1 N–H and O–H groups in total. The Morgan fingerprint density at radius 1 is 1.24 bits per heavy atom. The van der Waals surface area contributed by atoms with Crippen molar-refractivity contribution in [1.29, 1.82) is 0 Å². The smallest absolute Gasteiger partial charge is 0.0598 e. The van der Waals surface area contributed by atoms with E-state index in [-0.39, 0.29) is 5.41 Å². The van der Waals surface area contributed by atoms with Crippen molar-refractivity contribution in [1.82, 2.24) is 5.32 Å². The fraction of sp³-hybridized carbons (Fsp3) is 0.600. The van der Waals surface area contributed by atoms with Crippen LogP contribution in [0.25, 0.3) is 0 Å². The van der Waals surface area contributed by atoms with Crippen LogP contribution in [0.15, 0.2) is 18.2 Å². The van der Waals surface area contributed by atoms with E-state index in [1.54, 1.807) is 0 Å². The van der Waals surface area contributed by atoms with Gasteiger partial charge in [0, 0.05) is 12.6 Å². The van der Waals surface area contributed by atoms with Crippen molar-refractivity contribution < 1.29 is 4.74 Å². The van der Waals surface area contributed by atoms with Gasteiger partial charge in [-0.2, -0.15) is 0 Å². The maximum atomic E-state index is 5.46. The van der Waals surface area contributed by atoms with Crippen molar-refractivity contribution in [3.63, 3.8) is 0 Å². The lowest BCUT2D eigenvalue weighted by molar-refractivity contribution is -0.0597. The Morgan fingerprint density at radius 3 is 2.41 bits per heavy atom. The summed E-state index contributed by atoms with van der Waals surface area (Å²) >= 11 is 0. The van der Waals surface area contributed by atoms with Gasteiger partial charge in [-0.25, -0.2) is 0 Å². The normalized spacial score (nSPS) is 18.2. The average molecular weight is 233 g/mol. The van der Waals surface area contributed by atoms with Crippen LogP contribution in [-0.4, -0.2) is 25.8 Å². The zero-order chi connectivity index (χ0) is 12.5. The molecule has 1 fully saturated rings. The van der Waals surface area contributed by atoms with Gasteiger partial charge in [0.25, 0.3) is 0 Å². The first kappa shape index (κ1) is 12.6. The second kappa shape index (κ2) is 4.79. The molecule has 1 aromatic carbocycles. The van der Waals surface area contributed by atoms with Crippen LogP contribution in [0.3, 0.4) is 0 Å². The number of hydrogen-bond acceptors (Lipinski definition) is 2. The molecule has 0 unspecified atom stereocenters. The van der Waals surface area contributed by atoms with Crippen LogP contribution >= 0.6 is 0 Å². The van der Waals surface area contributed by atoms with E-state index in [9.17, 15) is 0 Å². The minimum atomic E-state index is 0.197. The van der Waals surface area contributed by atoms with E-state index in [0.717, 1.165) is 19.8 Å². The minimum absolute atomic E-state index is 0.197. The van der Waals surface area contributed by atoms with E-state index >= 15 is 0 Å². The Balaban J connectivity index is 2.19. The molecule has 0 atom stereocenters. The molecule has 1 aliphatic heterocycles. The van der Waals surface area contributed by atoms with Gasteiger partial charge in [-0.15, -0.1) is 0 Å². The third-order valence-electron chi connectivity index (χ3n) is 3.72. The standard InChI is InChI=1S/C15H23NO/c1-11(2)16-8-15(9-17-10-15)14-6-5-12(3)13(4)7-14/h5-7,11,16H,8-10H2,1-4H3. The maximum Gasteiger partial charge on any atom is 0.0598 e. The van der Waals surface area contributed by atoms with E-state index in [0.29, 0.717) is 6.04 Å². The summed E-state index contributed by atoms with van der Waals surface area (Å²) in [6, 6.07) is 7.33. The van der Waals surface area contributed by atoms with Crippen LogP contribution in [-0.2, 0) is 10.2 Å². The number of benzene rings is 1. The summed E-state index contributed by atoms with van der Waals surface area (Å²) in [6.07, 6.45) is 0. The van der Waals surface area contributed by atoms with Gasteiger partial charge in [0.1, 0.15) is 0 Å². The molecule has 1 heterocycles. The summed E-state index contributed by atoms with van der Waals surface area (Å²) in [5.74, 6) is 0. The van der Waals surface area contributed by atoms with Crippen LogP contribution in [0.5, 0.6) is 0 Å². The van der Waals surface area contributed by atoms with E-state index in [1.807, 2.05) is 0 Å².